The zero-order chi connectivity index (χ0) is 14.8. The maximum absolute atomic E-state index is 5.53. The fraction of sp³-hybridized carbons (Fsp3) is 0.733. The molecular formula is C15H27N3O2. The Hall–Kier alpha value is -1.20. The second kappa shape index (κ2) is 9.66. The minimum absolute atomic E-state index is 0.504. The summed E-state index contributed by atoms with van der Waals surface area (Å²) in [6.07, 6.45) is 3.39. The molecule has 0 spiro atoms. The first kappa shape index (κ1) is 16.9. The summed E-state index contributed by atoms with van der Waals surface area (Å²) in [5.74, 6) is 1.73. The van der Waals surface area contributed by atoms with Crippen LogP contribution in [0, 0.1) is 11.8 Å². The second-order valence-corrected chi connectivity index (χ2v) is 5.69. The van der Waals surface area contributed by atoms with E-state index in [-0.39, 0.29) is 0 Å². The second-order valence-electron chi connectivity index (χ2n) is 5.69. The number of hydrogen-bond donors (Lipinski definition) is 1. The standard InChI is InChI=1S/C15H27N3O2/c1-12(2)7-16-8-14-9-17-10-15(18-14)20-6-5-19-11-13(3)4/h9-10,12-13,16H,5-8,11H2,1-4H3. The molecule has 0 aliphatic heterocycles. The SMILES string of the molecule is CC(C)CNCc1cncc(OCCOCC(C)C)n1. The van der Waals surface area contributed by atoms with Crippen molar-refractivity contribution in [2.24, 2.45) is 11.8 Å². The molecule has 114 valence electrons. The monoisotopic (exact) mass is 281 g/mol. The molecular weight excluding hydrogens is 254 g/mol. The van der Waals surface area contributed by atoms with Crippen molar-refractivity contribution < 1.29 is 9.47 Å². The number of nitrogens with one attached hydrogen (secondary N) is 1. The fourth-order valence-corrected chi connectivity index (χ4v) is 1.55. The van der Waals surface area contributed by atoms with Crippen LogP contribution in [-0.4, -0.2) is 36.3 Å². The van der Waals surface area contributed by atoms with Gasteiger partial charge in [-0.25, -0.2) is 4.98 Å². The van der Waals surface area contributed by atoms with Gasteiger partial charge >= 0.3 is 0 Å². The highest BCUT2D eigenvalue weighted by Gasteiger charge is 2.01. The van der Waals surface area contributed by atoms with Crippen molar-refractivity contribution in [3.8, 4) is 5.88 Å². The van der Waals surface area contributed by atoms with Crippen LogP contribution in [0.1, 0.15) is 33.4 Å². The minimum atomic E-state index is 0.504. The lowest BCUT2D eigenvalue weighted by molar-refractivity contribution is 0.0804. The Bertz CT molecular complexity index is 370. The molecule has 0 aromatic carbocycles. The maximum atomic E-state index is 5.53. The Morgan fingerprint density at radius 2 is 1.90 bits per heavy atom. The number of nitrogens with zero attached hydrogens (tertiary/aromatic N) is 2. The summed E-state index contributed by atoms with van der Waals surface area (Å²) in [6, 6.07) is 0. The van der Waals surface area contributed by atoms with Crippen molar-refractivity contribution in [2.45, 2.75) is 34.2 Å². The van der Waals surface area contributed by atoms with E-state index in [0.29, 0.717) is 37.5 Å². The van der Waals surface area contributed by atoms with E-state index in [0.717, 1.165) is 18.8 Å². The largest absolute Gasteiger partial charge is 0.474 e. The van der Waals surface area contributed by atoms with Crippen molar-refractivity contribution in [3.63, 3.8) is 0 Å². The molecule has 5 nitrogen and oxygen atoms in total. The lowest BCUT2D eigenvalue weighted by Gasteiger charge is -2.09. The van der Waals surface area contributed by atoms with Crippen molar-refractivity contribution in [1.29, 1.82) is 0 Å². The van der Waals surface area contributed by atoms with Crippen LogP contribution in [-0.2, 0) is 11.3 Å². The lowest BCUT2D eigenvalue weighted by Crippen LogP contribution is -2.20. The number of aromatic nitrogens is 2. The predicted molar refractivity (Wildman–Crippen MR) is 79.7 cm³/mol. The zero-order valence-electron chi connectivity index (χ0n) is 13.1. The molecule has 0 unspecified atom stereocenters. The normalized spacial score (nSPS) is 11.3. The van der Waals surface area contributed by atoms with Gasteiger partial charge in [-0.3, -0.25) is 4.98 Å². The number of ether oxygens (including phenoxy) is 2. The molecule has 0 atom stereocenters. The Morgan fingerprint density at radius 1 is 1.10 bits per heavy atom. The minimum Gasteiger partial charge on any atom is -0.474 e. The average molecular weight is 281 g/mol. The molecule has 0 aliphatic carbocycles. The Kier molecular flexibility index (Phi) is 8.14. The highest BCUT2D eigenvalue weighted by atomic mass is 16.5. The molecule has 5 heteroatoms. The van der Waals surface area contributed by atoms with E-state index < -0.39 is 0 Å². The first-order valence-electron chi connectivity index (χ1n) is 7.30. The van der Waals surface area contributed by atoms with E-state index in [4.69, 9.17) is 9.47 Å². The van der Waals surface area contributed by atoms with E-state index in [2.05, 4.69) is 43.0 Å². The lowest BCUT2D eigenvalue weighted by atomic mass is 10.2. The Morgan fingerprint density at radius 3 is 2.60 bits per heavy atom. The molecule has 0 aliphatic rings. The molecule has 20 heavy (non-hydrogen) atoms. The zero-order valence-corrected chi connectivity index (χ0v) is 13.1. The topological polar surface area (TPSA) is 56.3 Å². The van der Waals surface area contributed by atoms with Gasteiger partial charge in [0.2, 0.25) is 5.88 Å². The van der Waals surface area contributed by atoms with Gasteiger partial charge in [0.25, 0.3) is 0 Å². The highest BCUT2D eigenvalue weighted by molar-refractivity contribution is 5.08. The Labute approximate surface area is 122 Å². The summed E-state index contributed by atoms with van der Waals surface area (Å²) in [4.78, 5) is 8.54. The summed E-state index contributed by atoms with van der Waals surface area (Å²) in [5.41, 5.74) is 0.895. The van der Waals surface area contributed by atoms with Crippen LogP contribution in [0.15, 0.2) is 12.4 Å². The maximum Gasteiger partial charge on any atom is 0.232 e. The highest BCUT2D eigenvalue weighted by Crippen LogP contribution is 2.05. The molecule has 1 heterocycles. The molecule has 0 amide bonds. The van der Waals surface area contributed by atoms with Gasteiger partial charge in [-0.15, -0.1) is 0 Å². The van der Waals surface area contributed by atoms with E-state index in [1.54, 1.807) is 12.4 Å². The average Bonchev–Trinajstić information content (AvgIpc) is 2.38. The molecule has 1 rings (SSSR count). The van der Waals surface area contributed by atoms with Gasteiger partial charge in [-0.1, -0.05) is 27.7 Å². The van der Waals surface area contributed by atoms with Crippen LogP contribution in [0.2, 0.25) is 0 Å². The molecule has 0 radical (unpaired) electrons. The molecule has 0 fully saturated rings. The molecule has 1 N–H and O–H groups in total. The van der Waals surface area contributed by atoms with Gasteiger partial charge in [0.1, 0.15) is 6.61 Å². The summed E-state index contributed by atoms with van der Waals surface area (Å²) in [5, 5.41) is 3.33. The summed E-state index contributed by atoms with van der Waals surface area (Å²) in [7, 11) is 0. The van der Waals surface area contributed by atoms with E-state index in [9.17, 15) is 0 Å². The van der Waals surface area contributed by atoms with Crippen molar-refractivity contribution in [3.05, 3.63) is 18.1 Å². The fourth-order valence-electron chi connectivity index (χ4n) is 1.55. The summed E-state index contributed by atoms with van der Waals surface area (Å²) < 4.78 is 11.0. The molecule has 0 saturated heterocycles. The van der Waals surface area contributed by atoms with Gasteiger partial charge < -0.3 is 14.8 Å². The van der Waals surface area contributed by atoms with Crippen LogP contribution in [0.3, 0.4) is 0 Å². The van der Waals surface area contributed by atoms with Gasteiger partial charge in [0.15, 0.2) is 0 Å². The van der Waals surface area contributed by atoms with Crippen molar-refractivity contribution in [1.82, 2.24) is 15.3 Å². The number of hydrogen-bond acceptors (Lipinski definition) is 5. The summed E-state index contributed by atoms with van der Waals surface area (Å²) in [6.45, 7) is 12.1. The predicted octanol–water partition coefficient (Wildman–Crippen LogP) is 2.27. The third-order valence-corrected chi connectivity index (χ3v) is 2.45. The van der Waals surface area contributed by atoms with E-state index >= 15 is 0 Å². The third kappa shape index (κ3) is 8.07. The van der Waals surface area contributed by atoms with Gasteiger partial charge in [0.05, 0.1) is 18.5 Å². The van der Waals surface area contributed by atoms with Crippen LogP contribution < -0.4 is 10.1 Å². The van der Waals surface area contributed by atoms with Crippen molar-refractivity contribution in [2.75, 3.05) is 26.4 Å². The van der Waals surface area contributed by atoms with Crippen molar-refractivity contribution >= 4 is 0 Å². The summed E-state index contributed by atoms with van der Waals surface area (Å²) >= 11 is 0. The molecule has 1 aromatic rings. The van der Waals surface area contributed by atoms with Gasteiger partial charge in [0, 0.05) is 19.3 Å². The molecule has 1 aromatic heterocycles. The first-order valence-corrected chi connectivity index (χ1v) is 7.30. The van der Waals surface area contributed by atoms with Crippen LogP contribution >= 0.6 is 0 Å². The van der Waals surface area contributed by atoms with Crippen LogP contribution in [0.5, 0.6) is 5.88 Å². The van der Waals surface area contributed by atoms with Gasteiger partial charge in [-0.05, 0) is 18.4 Å². The number of rotatable bonds is 10. The molecule has 0 saturated carbocycles. The molecule has 0 bridgehead atoms. The smallest absolute Gasteiger partial charge is 0.232 e. The van der Waals surface area contributed by atoms with Crippen LogP contribution in [0.4, 0.5) is 0 Å². The van der Waals surface area contributed by atoms with Crippen LogP contribution in [0.25, 0.3) is 0 Å². The Balaban J connectivity index is 2.25. The first-order chi connectivity index (χ1) is 9.58. The van der Waals surface area contributed by atoms with E-state index in [1.165, 1.54) is 0 Å². The van der Waals surface area contributed by atoms with E-state index in [1.807, 2.05) is 0 Å². The quantitative estimate of drug-likeness (QED) is 0.667. The van der Waals surface area contributed by atoms with Gasteiger partial charge in [-0.2, -0.15) is 0 Å². The third-order valence-electron chi connectivity index (χ3n) is 2.45.